The molecule has 9 nitrogen and oxygen atoms in total. The predicted octanol–water partition coefficient (Wildman–Crippen LogP) is 7.71. The number of hydrogen-bond donors (Lipinski definition) is 0. The third kappa shape index (κ3) is 9.71. The van der Waals surface area contributed by atoms with Crippen LogP contribution >= 0.6 is 0 Å². The molecule has 0 amide bonds. The van der Waals surface area contributed by atoms with Crippen molar-refractivity contribution in [3.63, 3.8) is 0 Å². The highest BCUT2D eigenvalue weighted by atomic mass is 16.7. The van der Waals surface area contributed by atoms with E-state index in [9.17, 15) is 9.59 Å². The number of benzene rings is 5. The van der Waals surface area contributed by atoms with E-state index in [1.165, 1.54) is 0 Å². The number of hydrogen-bond acceptors (Lipinski definition) is 9. The maximum absolute atomic E-state index is 13.6. The van der Waals surface area contributed by atoms with Gasteiger partial charge in [-0.25, -0.2) is 9.59 Å². The molecule has 268 valence electrons. The van der Waals surface area contributed by atoms with E-state index in [-0.39, 0.29) is 26.4 Å². The van der Waals surface area contributed by atoms with Gasteiger partial charge in [0.1, 0.15) is 24.6 Å². The molecule has 0 aliphatic carbocycles. The van der Waals surface area contributed by atoms with Crippen LogP contribution in [0.1, 0.15) is 49.9 Å². The molecule has 0 spiro atoms. The van der Waals surface area contributed by atoms with Crippen LogP contribution in [-0.2, 0) is 54.8 Å². The fraction of sp³-hybridized carbons (Fsp3) is 0.256. The van der Waals surface area contributed by atoms with Gasteiger partial charge in [-0.05, 0) is 59.5 Å². The number of esters is 2. The third-order valence-electron chi connectivity index (χ3n) is 8.72. The predicted molar refractivity (Wildman–Crippen MR) is 193 cm³/mol. The average molecular weight is 703 g/mol. The van der Waals surface area contributed by atoms with E-state index < -0.39 is 42.6 Å². The van der Waals surface area contributed by atoms with Gasteiger partial charge in [-0.15, -0.1) is 0 Å². The molecule has 0 N–H and O–H groups in total. The van der Waals surface area contributed by atoms with Crippen molar-refractivity contribution >= 4 is 11.9 Å². The molecule has 0 unspecified atom stereocenters. The smallest absolute Gasteiger partial charge is 0.338 e. The van der Waals surface area contributed by atoms with E-state index in [1.807, 2.05) is 104 Å². The van der Waals surface area contributed by atoms with Crippen molar-refractivity contribution in [2.45, 2.75) is 64.1 Å². The van der Waals surface area contributed by atoms with Gasteiger partial charge in [0.2, 0.25) is 0 Å². The van der Waals surface area contributed by atoms with Gasteiger partial charge in [-0.2, -0.15) is 0 Å². The minimum absolute atomic E-state index is 0.0336. The van der Waals surface area contributed by atoms with Crippen LogP contribution in [-0.4, -0.2) is 49.8 Å². The molecule has 1 aliphatic heterocycles. The highest BCUT2D eigenvalue weighted by Gasteiger charge is 2.49. The van der Waals surface area contributed by atoms with E-state index in [0.717, 1.165) is 22.4 Å². The standard InChI is InChI=1S/C43H42O9/c1-30-38(47-26-31-14-6-3-7-15-31)39(48-27-33-22-24-36(46-2)25-23-33)40(52-41(44)34-18-10-5-11-19-34)43(51-30)50-29-35-20-12-13-21-37(35)42(45)49-28-32-16-8-4-9-17-32/h3-25,30,38-40,43H,26-29H2,1-2H3/t30-,38-,39+,40+,43+/m0/s1. The molecular formula is C43H42O9. The molecule has 5 aromatic carbocycles. The molecule has 6 rings (SSSR count). The van der Waals surface area contributed by atoms with Crippen LogP contribution in [0.15, 0.2) is 140 Å². The van der Waals surface area contributed by atoms with Crippen LogP contribution in [0.5, 0.6) is 5.75 Å². The van der Waals surface area contributed by atoms with Gasteiger partial charge in [0.05, 0.1) is 44.2 Å². The number of ether oxygens (including phenoxy) is 7. The second kappa shape index (κ2) is 18.3. The Balaban J connectivity index is 1.26. The Morgan fingerprint density at radius 1 is 0.558 bits per heavy atom. The van der Waals surface area contributed by atoms with Crippen molar-refractivity contribution in [1.29, 1.82) is 0 Å². The highest BCUT2D eigenvalue weighted by molar-refractivity contribution is 5.91. The highest BCUT2D eigenvalue weighted by Crippen LogP contribution is 2.32. The lowest BCUT2D eigenvalue weighted by atomic mass is 9.98. The Morgan fingerprint density at radius 2 is 1.12 bits per heavy atom. The summed E-state index contributed by atoms with van der Waals surface area (Å²) in [5, 5.41) is 0. The molecule has 1 aliphatic rings. The van der Waals surface area contributed by atoms with Gasteiger partial charge in [0.25, 0.3) is 0 Å². The second-order valence-corrected chi connectivity index (χ2v) is 12.4. The summed E-state index contributed by atoms with van der Waals surface area (Å²) < 4.78 is 43.1. The van der Waals surface area contributed by atoms with Crippen LogP contribution < -0.4 is 4.74 Å². The van der Waals surface area contributed by atoms with Crippen molar-refractivity contribution < 1.29 is 42.7 Å². The molecule has 0 radical (unpaired) electrons. The zero-order valence-corrected chi connectivity index (χ0v) is 29.2. The first-order valence-electron chi connectivity index (χ1n) is 17.2. The topological polar surface area (TPSA) is 98.8 Å². The van der Waals surface area contributed by atoms with Gasteiger partial charge in [-0.3, -0.25) is 0 Å². The molecule has 1 fully saturated rings. The first-order valence-corrected chi connectivity index (χ1v) is 17.2. The summed E-state index contributed by atoms with van der Waals surface area (Å²) in [6.45, 7) is 2.45. The zero-order chi connectivity index (χ0) is 36.1. The van der Waals surface area contributed by atoms with Crippen LogP contribution in [0.3, 0.4) is 0 Å². The van der Waals surface area contributed by atoms with Gasteiger partial charge in [-0.1, -0.05) is 109 Å². The fourth-order valence-corrected chi connectivity index (χ4v) is 5.92. The Labute approximate surface area is 304 Å². The Morgan fingerprint density at radius 3 is 1.77 bits per heavy atom. The van der Waals surface area contributed by atoms with Gasteiger partial charge in [0, 0.05) is 0 Å². The monoisotopic (exact) mass is 702 g/mol. The Bertz CT molecular complexity index is 1850. The lowest BCUT2D eigenvalue weighted by Crippen LogP contribution is -2.60. The summed E-state index contributed by atoms with van der Waals surface area (Å²) in [4.78, 5) is 26.8. The summed E-state index contributed by atoms with van der Waals surface area (Å²) in [7, 11) is 1.61. The normalized spacial score (nSPS) is 19.8. The van der Waals surface area contributed by atoms with E-state index in [1.54, 1.807) is 49.6 Å². The van der Waals surface area contributed by atoms with Crippen LogP contribution in [0, 0.1) is 0 Å². The zero-order valence-electron chi connectivity index (χ0n) is 29.2. The lowest BCUT2D eigenvalue weighted by molar-refractivity contribution is -0.311. The Kier molecular flexibility index (Phi) is 12.8. The molecule has 1 saturated heterocycles. The molecule has 52 heavy (non-hydrogen) atoms. The molecule has 0 saturated carbocycles. The molecule has 0 bridgehead atoms. The van der Waals surface area contributed by atoms with Gasteiger partial charge >= 0.3 is 11.9 Å². The van der Waals surface area contributed by atoms with Gasteiger partial charge < -0.3 is 33.2 Å². The minimum Gasteiger partial charge on any atom is -0.497 e. The van der Waals surface area contributed by atoms with Crippen LogP contribution in [0.25, 0.3) is 0 Å². The average Bonchev–Trinajstić information content (AvgIpc) is 3.20. The third-order valence-corrected chi connectivity index (χ3v) is 8.72. The Hall–Kier alpha value is -5.32. The van der Waals surface area contributed by atoms with Crippen molar-refractivity contribution in [2.24, 2.45) is 0 Å². The van der Waals surface area contributed by atoms with E-state index in [4.69, 9.17) is 33.2 Å². The van der Waals surface area contributed by atoms with E-state index >= 15 is 0 Å². The molecule has 5 atom stereocenters. The number of methoxy groups -OCH3 is 1. The van der Waals surface area contributed by atoms with Crippen LogP contribution in [0.4, 0.5) is 0 Å². The number of carbonyl (C=O) groups is 2. The molecule has 9 heteroatoms. The summed E-state index contributed by atoms with van der Waals surface area (Å²) in [5.74, 6) is -0.329. The largest absolute Gasteiger partial charge is 0.497 e. The molecule has 5 aromatic rings. The summed E-state index contributed by atoms with van der Waals surface area (Å²) >= 11 is 0. The lowest BCUT2D eigenvalue weighted by Gasteiger charge is -2.44. The van der Waals surface area contributed by atoms with Crippen molar-refractivity contribution in [3.05, 3.63) is 173 Å². The quantitative estimate of drug-likeness (QED) is 0.102. The van der Waals surface area contributed by atoms with E-state index in [2.05, 4.69) is 0 Å². The number of carbonyl (C=O) groups excluding carboxylic acids is 2. The molecular weight excluding hydrogens is 660 g/mol. The first kappa shape index (κ1) is 36.5. The fourth-order valence-electron chi connectivity index (χ4n) is 5.92. The van der Waals surface area contributed by atoms with E-state index in [0.29, 0.717) is 16.7 Å². The second-order valence-electron chi connectivity index (χ2n) is 12.4. The van der Waals surface area contributed by atoms with Crippen molar-refractivity contribution in [2.75, 3.05) is 7.11 Å². The number of rotatable bonds is 15. The summed E-state index contributed by atoms with van der Waals surface area (Å²) in [6.07, 6.45) is -4.12. The van der Waals surface area contributed by atoms with Crippen molar-refractivity contribution in [3.8, 4) is 5.75 Å². The molecule has 0 aromatic heterocycles. The van der Waals surface area contributed by atoms with Crippen LogP contribution in [0.2, 0.25) is 0 Å². The maximum atomic E-state index is 13.6. The minimum atomic E-state index is -1.08. The summed E-state index contributed by atoms with van der Waals surface area (Å²) in [6, 6.07) is 42.6. The SMILES string of the molecule is COc1ccc(CO[C@@H]2[C@@H](OCc3ccccc3)[C@H](C)O[C@@H](OCc3ccccc3C(=O)OCc3ccccc3)[C@@H]2OC(=O)c2ccccc2)cc1. The summed E-state index contributed by atoms with van der Waals surface area (Å²) in [5.41, 5.74) is 4.04. The van der Waals surface area contributed by atoms with Crippen molar-refractivity contribution in [1.82, 2.24) is 0 Å². The molecule has 1 heterocycles. The first-order chi connectivity index (χ1) is 25.5. The maximum Gasteiger partial charge on any atom is 0.338 e. The van der Waals surface area contributed by atoms with Gasteiger partial charge in [0.15, 0.2) is 12.4 Å².